The Hall–Kier alpha value is -1.67. The molecule has 21 heavy (non-hydrogen) atoms. The van der Waals surface area contributed by atoms with E-state index in [4.69, 9.17) is 0 Å². The summed E-state index contributed by atoms with van der Waals surface area (Å²) in [4.78, 5) is 23.9. The van der Waals surface area contributed by atoms with Gasteiger partial charge in [-0.3, -0.25) is 9.78 Å². The predicted molar refractivity (Wildman–Crippen MR) is 81.1 cm³/mol. The predicted octanol–water partition coefficient (Wildman–Crippen LogP) is 1.91. The fourth-order valence-electron chi connectivity index (χ4n) is 1.68. The maximum atomic E-state index is 12.2. The molecule has 0 bridgehead atoms. The summed E-state index contributed by atoms with van der Waals surface area (Å²) < 4.78 is 24.4. The van der Waals surface area contributed by atoms with Gasteiger partial charge in [0.15, 0.2) is 21.4 Å². The highest BCUT2D eigenvalue weighted by atomic mass is 79.9. The lowest BCUT2D eigenvalue weighted by molar-refractivity contribution is 0.101. The van der Waals surface area contributed by atoms with Gasteiger partial charge in [-0.15, -0.1) is 0 Å². The van der Waals surface area contributed by atoms with Crippen LogP contribution in [-0.4, -0.2) is 40.2 Å². The standard InChI is InChI=1S/C13H12BrN3O3S/c1-2-21(19,20)11-6-9(13-15-4-3-5-16-13)8-17-12(11)10(18)7-14/h3-6,8H,2,7H2,1H3. The average molecular weight is 370 g/mol. The molecule has 0 amide bonds. The molecule has 2 aromatic heterocycles. The van der Waals surface area contributed by atoms with Crippen LogP contribution in [0.2, 0.25) is 0 Å². The second kappa shape index (κ2) is 6.40. The lowest BCUT2D eigenvalue weighted by Gasteiger charge is -2.08. The van der Waals surface area contributed by atoms with Crippen molar-refractivity contribution in [1.82, 2.24) is 15.0 Å². The second-order valence-corrected chi connectivity index (χ2v) is 6.91. The normalized spacial score (nSPS) is 11.3. The second-order valence-electron chi connectivity index (χ2n) is 4.10. The number of alkyl halides is 1. The Balaban J connectivity index is 2.66. The minimum absolute atomic E-state index is 0.00736. The number of Topliss-reactive ketones (excluding diaryl/α,β-unsaturated/α-hetero) is 1. The van der Waals surface area contributed by atoms with Gasteiger partial charge >= 0.3 is 0 Å². The average Bonchev–Trinajstić information content (AvgIpc) is 2.54. The largest absolute Gasteiger partial charge is 0.291 e. The molecule has 0 N–H and O–H groups in total. The van der Waals surface area contributed by atoms with Crippen molar-refractivity contribution in [2.75, 3.05) is 11.1 Å². The van der Waals surface area contributed by atoms with Gasteiger partial charge in [0.25, 0.3) is 0 Å². The van der Waals surface area contributed by atoms with Gasteiger partial charge < -0.3 is 0 Å². The molecule has 0 aliphatic rings. The van der Waals surface area contributed by atoms with E-state index in [0.29, 0.717) is 11.4 Å². The maximum Gasteiger partial charge on any atom is 0.193 e. The quantitative estimate of drug-likeness (QED) is 0.590. The van der Waals surface area contributed by atoms with Crippen molar-refractivity contribution in [2.45, 2.75) is 11.8 Å². The number of nitrogens with zero attached hydrogens (tertiary/aromatic N) is 3. The highest BCUT2D eigenvalue weighted by Gasteiger charge is 2.23. The first-order chi connectivity index (χ1) is 9.99. The summed E-state index contributed by atoms with van der Waals surface area (Å²) in [5.41, 5.74) is 0.391. The number of carbonyl (C=O) groups is 1. The fraction of sp³-hybridized carbons (Fsp3) is 0.231. The van der Waals surface area contributed by atoms with Crippen LogP contribution in [0.3, 0.4) is 0 Å². The lowest BCUT2D eigenvalue weighted by Crippen LogP contribution is -2.14. The van der Waals surface area contributed by atoms with Crippen molar-refractivity contribution in [3.8, 4) is 11.4 Å². The Labute approximate surface area is 130 Å². The zero-order valence-corrected chi connectivity index (χ0v) is 13.6. The van der Waals surface area contributed by atoms with E-state index in [9.17, 15) is 13.2 Å². The lowest BCUT2D eigenvalue weighted by atomic mass is 10.2. The molecule has 0 fully saturated rings. The van der Waals surface area contributed by atoms with Gasteiger partial charge in [0.05, 0.1) is 16.0 Å². The number of hydrogen-bond acceptors (Lipinski definition) is 6. The number of halogens is 1. The summed E-state index contributed by atoms with van der Waals surface area (Å²) >= 11 is 3.03. The van der Waals surface area contributed by atoms with Crippen LogP contribution >= 0.6 is 15.9 Å². The summed E-state index contributed by atoms with van der Waals surface area (Å²) in [5, 5.41) is 0.00736. The van der Waals surface area contributed by atoms with Crippen molar-refractivity contribution >= 4 is 31.6 Å². The molecule has 0 spiro atoms. The molecule has 0 aliphatic heterocycles. The van der Waals surface area contributed by atoms with E-state index in [1.54, 1.807) is 18.5 Å². The molecule has 0 unspecified atom stereocenters. The minimum atomic E-state index is -3.57. The summed E-state index contributed by atoms with van der Waals surface area (Å²) in [5.74, 6) is -0.144. The number of rotatable bonds is 5. The molecule has 2 aromatic rings. The molecule has 8 heteroatoms. The number of hydrogen-bond donors (Lipinski definition) is 0. The highest BCUT2D eigenvalue weighted by Crippen LogP contribution is 2.22. The van der Waals surface area contributed by atoms with Crippen molar-refractivity contribution in [3.05, 3.63) is 36.4 Å². The van der Waals surface area contributed by atoms with Gasteiger partial charge in [-0.2, -0.15) is 0 Å². The molecule has 0 aromatic carbocycles. The molecular formula is C13H12BrN3O3S. The molecule has 2 rings (SSSR count). The number of carbonyl (C=O) groups excluding carboxylic acids is 1. The third-order valence-corrected chi connectivity index (χ3v) is 5.03. The first-order valence-electron chi connectivity index (χ1n) is 6.09. The molecule has 0 aliphatic carbocycles. The van der Waals surface area contributed by atoms with Crippen LogP contribution in [0.1, 0.15) is 17.4 Å². The van der Waals surface area contributed by atoms with Crippen molar-refractivity contribution < 1.29 is 13.2 Å². The number of pyridine rings is 1. The van der Waals surface area contributed by atoms with Crippen LogP contribution in [0, 0.1) is 0 Å². The molecule has 6 nitrogen and oxygen atoms in total. The summed E-state index contributed by atoms with van der Waals surface area (Å²) in [6.07, 6.45) is 4.50. The molecular weight excluding hydrogens is 358 g/mol. The topological polar surface area (TPSA) is 89.9 Å². The SMILES string of the molecule is CCS(=O)(=O)c1cc(-c2ncccn2)cnc1C(=O)CBr. The monoisotopic (exact) mass is 369 g/mol. The Morgan fingerprint density at radius 2 is 1.90 bits per heavy atom. The first kappa shape index (κ1) is 15.7. The van der Waals surface area contributed by atoms with E-state index in [1.807, 2.05) is 0 Å². The first-order valence-corrected chi connectivity index (χ1v) is 8.86. The maximum absolute atomic E-state index is 12.2. The highest BCUT2D eigenvalue weighted by molar-refractivity contribution is 9.09. The van der Waals surface area contributed by atoms with Crippen LogP contribution in [0.4, 0.5) is 0 Å². The van der Waals surface area contributed by atoms with Gasteiger partial charge in [-0.05, 0) is 12.1 Å². The summed E-state index contributed by atoms with van der Waals surface area (Å²) in [6, 6.07) is 3.06. The molecule has 0 saturated carbocycles. The summed E-state index contributed by atoms with van der Waals surface area (Å²) in [6.45, 7) is 1.52. The van der Waals surface area contributed by atoms with Crippen molar-refractivity contribution in [3.63, 3.8) is 0 Å². The van der Waals surface area contributed by atoms with E-state index in [1.165, 1.54) is 19.2 Å². The van der Waals surface area contributed by atoms with Crippen LogP contribution in [0.15, 0.2) is 35.6 Å². The smallest absolute Gasteiger partial charge is 0.193 e. The van der Waals surface area contributed by atoms with Gasteiger partial charge in [0.2, 0.25) is 0 Å². The van der Waals surface area contributed by atoms with Gasteiger partial charge in [0.1, 0.15) is 5.69 Å². The van der Waals surface area contributed by atoms with E-state index in [0.717, 1.165) is 0 Å². The molecule has 110 valence electrons. The van der Waals surface area contributed by atoms with Crippen molar-refractivity contribution in [1.29, 1.82) is 0 Å². The Morgan fingerprint density at radius 3 is 2.48 bits per heavy atom. The molecule has 0 radical (unpaired) electrons. The van der Waals surface area contributed by atoms with Crippen LogP contribution in [0.25, 0.3) is 11.4 Å². The van der Waals surface area contributed by atoms with Gasteiger partial charge in [-0.25, -0.2) is 18.4 Å². The zero-order chi connectivity index (χ0) is 15.5. The Bertz CT molecular complexity index is 763. The number of aromatic nitrogens is 3. The molecule has 0 atom stereocenters. The van der Waals surface area contributed by atoms with E-state index in [-0.39, 0.29) is 27.5 Å². The molecule has 2 heterocycles. The minimum Gasteiger partial charge on any atom is -0.291 e. The van der Waals surface area contributed by atoms with Gasteiger partial charge in [0, 0.05) is 24.2 Å². The van der Waals surface area contributed by atoms with Gasteiger partial charge in [-0.1, -0.05) is 22.9 Å². The van der Waals surface area contributed by atoms with Crippen LogP contribution in [-0.2, 0) is 9.84 Å². The third kappa shape index (κ3) is 3.33. The summed E-state index contributed by atoms with van der Waals surface area (Å²) in [7, 11) is -3.57. The zero-order valence-electron chi connectivity index (χ0n) is 11.2. The number of sulfone groups is 1. The van der Waals surface area contributed by atoms with E-state index < -0.39 is 9.84 Å². The Kier molecular flexibility index (Phi) is 4.79. The number of ketones is 1. The van der Waals surface area contributed by atoms with Crippen molar-refractivity contribution in [2.24, 2.45) is 0 Å². The third-order valence-electron chi connectivity index (χ3n) is 2.78. The van der Waals surface area contributed by atoms with E-state index in [2.05, 4.69) is 30.9 Å². The van der Waals surface area contributed by atoms with Crippen LogP contribution in [0.5, 0.6) is 0 Å². The fourth-order valence-corrected chi connectivity index (χ4v) is 3.02. The molecule has 0 saturated heterocycles. The Morgan fingerprint density at radius 1 is 1.24 bits per heavy atom. The van der Waals surface area contributed by atoms with E-state index >= 15 is 0 Å². The van der Waals surface area contributed by atoms with Crippen LogP contribution < -0.4 is 0 Å².